The molecular weight excluding hydrogens is 476 g/mol. The van der Waals surface area contributed by atoms with Crippen LogP contribution < -0.4 is 24.7 Å². The summed E-state index contributed by atoms with van der Waals surface area (Å²) in [6.07, 6.45) is 7.14. The maximum absolute atomic E-state index is 12.3. The number of nitrogens with two attached hydrogens (primary N) is 1. The highest BCUT2D eigenvalue weighted by molar-refractivity contribution is 6.10. The van der Waals surface area contributed by atoms with Crippen molar-refractivity contribution in [3.8, 4) is 23.0 Å². The van der Waals surface area contributed by atoms with Crippen LogP contribution in [-0.4, -0.2) is 63.0 Å². The molecule has 2 aromatic carbocycles. The minimum absolute atomic E-state index is 0.273. The molecule has 1 amide bonds. The zero-order valence-corrected chi connectivity index (χ0v) is 21.1. The molecule has 1 saturated heterocycles. The number of carbonyl (C=O) groups excluding carboxylic acids is 3. The third-order valence-electron chi connectivity index (χ3n) is 5.58. The van der Waals surface area contributed by atoms with Gasteiger partial charge < -0.3 is 29.6 Å². The number of hydrogen-bond donors (Lipinski definition) is 1. The molecule has 0 unspecified atom stereocenters. The Morgan fingerprint density at radius 3 is 1.92 bits per heavy atom. The van der Waals surface area contributed by atoms with E-state index >= 15 is 0 Å². The molecule has 9 nitrogen and oxygen atoms in total. The standard InChI is InChI=1S/C28H32N2O7/c1-34-26-17-20(7-11-24(26)36-16-13-29)5-9-22(31)19-23(32)10-6-21-8-12-25(27(18-21)35-2)37-28(33)30-14-3-4-15-30/h5-12,17-18H,3-4,13-16,19,29H2,1-2H3. The van der Waals surface area contributed by atoms with Crippen LogP contribution in [0.5, 0.6) is 23.0 Å². The fourth-order valence-corrected chi connectivity index (χ4v) is 3.67. The van der Waals surface area contributed by atoms with Crippen LogP contribution >= 0.6 is 0 Å². The molecule has 1 aliphatic heterocycles. The summed E-state index contributed by atoms with van der Waals surface area (Å²) < 4.78 is 21.6. The van der Waals surface area contributed by atoms with Gasteiger partial charge in [0.1, 0.15) is 6.61 Å². The third kappa shape index (κ3) is 8.22. The van der Waals surface area contributed by atoms with Crippen molar-refractivity contribution in [1.29, 1.82) is 0 Å². The van der Waals surface area contributed by atoms with Crippen LogP contribution in [0, 0.1) is 0 Å². The Morgan fingerprint density at radius 2 is 1.38 bits per heavy atom. The Kier molecular flexibility index (Phi) is 10.3. The molecule has 0 radical (unpaired) electrons. The first-order chi connectivity index (χ1) is 17.9. The van der Waals surface area contributed by atoms with E-state index in [1.807, 2.05) is 0 Å². The molecule has 0 saturated carbocycles. The van der Waals surface area contributed by atoms with E-state index in [2.05, 4.69) is 0 Å². The normalized spacial score (nSPS) is 13.2. The Bertz CT molecular complexity index is 1170. The summed E-state index contributed by atoms with van der Waals surface area (Å²) in [5.41, 5.74) is 6.85. The molecule has 3 rings (SSSR count). The molecule has 196 valence electrons. The first-order valence-corrected chi connectivity index (χ1v) is 12.0. The lowest BCUT2D eigenvalue weighted by molar-refractivity contribution is -0.121. The van der Waals surface area contributed by atoms with E-state index in [1.165, 1.54) is 26.4 Å². The van der Waals surface area contributed by atoms with Crippen LogP contribution in [0.4, 0.5) is 4.79 Å². The van der Waals surface area contributed by atoms with Gasteiger partial charge in [-0.05, 0) is 60.4 Å². The summed E-state index contributed by atoms with van der Waals surface area (Å²) in [5.74, 6) is 1.08. The van der Waals surface area contributed by atoms with Crippen molar-refractivity contribution in [3.63, 3.8) is 0 Å². The van der Waals surface area contributed by atoms with Crippen molar-refractivity contribution in [2.45, 2.75) is 19.3 Å². The van der Waals surface area contributed by atoms with E-state index in [9.17, 15) is 14.4 Å². The first-order valence-electron chi connectivity index (χ1n) is 12.0. The maximum atomic E-state index is 12.3. The Balaban J connectivity index is 1.55. The molecular formula is C28H32N2O7. The molecule has 0 bridgehead atoms. The second-order valence-corrected chi connectivity index (χ2v) is 8.30. The summed E-state index contributed by atoms with van der Waals surface area (Å²) in [6, 6.07) is 10.2. The lowest BCUT2D eigenvalue weighted by Crippen LogP contribution is -2.30. The van der Waals surface area contributed by atoms with Crippen LogP contribution in [0.3, 0.4) is 0 Å². The molecule has 1 aliphatic rings. The van der Waals surface area contributed by atoms with Crippen LogP contribution in [0.25, 0.3) is 12.2 Å². The number of ketones is 2. The summed E-state index contributed by atoms with van der Waals surface area (Å²) in [5, 5.41) is 0. The van der Waals surface area contributed by atoms with Gasteiger partial charge in [-0.1, -0.05) is 24.3 Å². The summed E-state index contributed by atoms with van der Waals surface area (Å²) in [4.78, 5) is 38.5. The number of allylic oxidation sites excluding steroid dienone is 2. The van der Waals surface area contributed by atoms with Gasteiger partial charge in [0.15, 0.2) is 34.6 Å². The number of rotatable bonds is 12. The number of ether oxygens (including phenoxy) is 4. The predicted octanol–water partition coefficient (Wildman–Crippen LogP) is 3.89. The lowest BCUT2D eigenvalue weighted by Gasteiger charge is -2.16. The minimum atomic E-state index is -0.407. The molecule has 37 heavy (non-hydrogen) atoms. The molecule has 1 fully saturated rings. The smallest absolute Gasteiger partial charge is 0.415 e. The quantitative estimate of drug-likeness (QED) is 0.339. The third-order valence-corrected chi connectivity index (χ3v) is 5.58. The highest BCUT2D eigenvalue weighted by Crippen LogP contribution is 2.30. The van der Waals surface area contributed by atoms with Gasteiger partial charge in [0.2, 0.25) is 0 Å². The van der Waals surface area contributed by atoms with Gasteiger partial charge in [0.05, 0.1) is 20.6 Å². The molecule has 0 spiro atoms. The molecule has 1 heterocycles. The number of carbonyl (C=O) groups is 3. The zero-order chi connectivity index (χ0) is 26.6. The SMILES string of the molecule is COc1cc(C=CC(=O)CC(=O)C=Cc2ccc(OC(=O)N3CCCC3)c(OC)c2)ccc1OCCN. The molecule has 2 aromatic rings. The Hall–Kier alpha value is -4.11. The van der Waals surface area contributed by atoms with Gasteiger partial charge >= 0.3 is 6.09 Å². The monoisotopic (exact) mass is 508 g/mol. The van der Waals surface area contributed by atoms with Gasteiger partial charge in [-0.3, -0.25) is 9.59 Å². The molecule has 0 aliphatic carbocycles. The minimum Gasteiger partial charge on any atom is -0.493 e. The van der Waals surface area contributed by atoms with Crippen molar-refractivity contribution in [3.05, 3.63) is 59.7 Å². The fraction of sp³-hybridized carbons (Fsp3) is 0.321. The number of likely N-dealkylation sites (tertiary alicyclic amines) is 1. The molecule has 2 N–H and O–H groups in total. The average Bonchev–Trinajstić information content (AvgIpc) is 3.45. The number of benzene rings is 2. The first kappa shape index (κ1) is 27.5. The van der Waals surface area contributed by atoms with Gasteiger partial charge in [-0.25, -0.2) is 4.79 Å². The topological polar surface area (TPSA) is 117 Å². The van der Waals surface area contributed by atoms with Gasteiger partial charge in [-0.2, -0.15) is 0 Å². The second kappa shape index (κ2) is 13.8. The zero-order valence-electron chi connectivity index (χ0n) is 21.1. The Labute approximate surface area is 216 Å². The Morgan fingerprint density at radius 1 is 0.838 bits per heavy atom. The van der Waals surface area contributed by atoms with Gasteiger partial charge in [-0.15, -0.1) is 0 Å². The average molecular weight is 509 g/mol. The van der Waals surface area contributed by atoms with Crippen LogP contribution in [-0.2, 0) is 9.59 Å². The number of methoxy groups -OCH3 is 2. The van der Waals surface area contributed by atoms with Crippen molar-refractivity contribution in [2.24, 2.45) is 5.73 Å². The highest BCUT2D eigenvalue weighted by Gasteiger charge is 2.21. The summed E-state index contributed by atoms with van der Waals surface area (Å²) >= 11 is 0. The fourth-order valence-electron chi connectivity index (χ4n) is 3.67. The van der Waals surface area contributed by atoms with E-state index in [0.29, 0.717) is 54.8 Å². The van der Waals surface area contributed by atoms with E-state index in [4.69, 9.17) is 24.7 Å². The van der Waals surface area contributed by atoms with Gasteiger partial charge in [0.25, 0.3) is 0 Å². The maximum Gasteiger partial charge on any atom is 0.415 e. The highest BCUT2D eigenvalue weighted by atomic mass is 16.6. The predicted molar refractivity (Wildman–Crippen MR) is 140 cm³/mol. The van der Waals surface area contributed by atoms with Crippen molar-refractivity contribution in [1.82, 2.24) is 4.90 Å². The van der Waals surface area contributed by atoms with E-state index in [-0.39, 0.29) is 18.0 Å². The van der Waals surface area contributed by atoms with Crippen LogP contribution in [0.2, 0.25) is 0 Å². The van der Waals surface area contributed by atoms with Gasteiger partial charge in [0, 0.05) is 19.6 Å². The summed E-state index contributed by atoms with van der Waals surface area (Å²) in [6.45, 7) is 2.11. The molecule has 0 aromatic heterocycles. The van der Waals surface area contributed by atoms with Crippen molar-refractivity contribution >= 4 is 29.8 Å². The van der Waals surface area contributed by atoms with Crippen LogP contribution in [0.15, 0.2) is 48.6 Å². The number of nitrogens with zero attached hydrogens (tertiary/aromatic N) is 1. The lowest BCUT2D eigenvalue weighted by atomic mass is 10.1. The summed E-state index contributed by atoms with van der Waals surface area (Å²) in [7, 11) is 3.00. The van der Waals surface area contributed by atoms with Crippen molar-refractivity contribution < 1.29 is 33.3 Å². The number of hydrogen-bond acceptors (Lipinski definition) is 8. The second-order valence-electron chi connectivity index (χ2n) is 8.30. The number of amides is 1. The largest absolute Gasteiger partial charge is 0.493 e. The van der Waals surface area contributed by atoms with Crippen molar-refractivity contribution in [2.75, 3.05) is 40.5 Å². The van der Waals surface area contributed by atoms with E-state index < -0.39 is 6.09 Å². The van der Waals surface area contributed by atoms with E-state index in [1.54, 1.807) is 53.5 Å². The molecule has 0 atom stereocenters. The molecule has 9 heteroatoms. The van der Waals surface area contributed by atoms with E-state index in [0.717, 1.165) is 18.4 Å². The van der Waals surface area contributed by atoms with Crippen LogP contribution in [0.1, 0.15) is 30.4 Å².